The zero-order valence-electron chi connectivity index (χ0n) is 12.4. The summed E-state index contributed by atoms with van der Waals surface area (Å²) in [5.41, 5.74) is 6.65. The number of likely N-dealkylation sites (tertiary alicyclic amines) is 1. The number of methoxy groups -OCH3 is 2. The second-order valence-electron chi connectivity index (χ2n) is 5.15. The Kier molecular flexibility index (Phi) is 5.49. The third-order valence-corrected chi connectivity index (χ3v) is 3.76. The third kappa shape index (κ3) is 4.02. The maximum atomic E-state index is 5.60. The van der Waals surface area contributed by atoms with Gasteiger partial charge < -0.3 is 25.4 Å². The van der Waals surface area contributed by atoms with Gasteiger partial charge in [0.2, 0.25) is 0 Å². The molecule has 1 aromatic rings. The Bertz CT molecular complexity index is 395. The predicted molar refractivity (Wildman–Crippen MR) is 81.7 cm³/mol. The summed E-state index contributed by atoms with van der Waals surface area (Å²) in [6.45, 7) is 3.96. The number of nitrogens with two attached hydrogens (primary N) is 1. The van der Waals surface area contributed by atoms with Crippen molar-refractivity contribution in [1.29, 1.82) is 0 Å². The van der Waals surface area contributed by atoms with Crippen LogP contribution < -0.4 is 20.5 Å². The van der Waals surface area contributed by atoms with E-state index in [9.17, 15) is 0 Å². The molecule has 3 N–H and O–H groups in total. The summed E-state index contributed by atoms with van der Waals surface area (Å²) in [6.07, 6.45) is 2.28. The van der Waals surface area contributed by atoms with E-state index in [4.69, 9.17) is 15.2 Å². The van der Waals surface area contributed by atoms with E-state index in [1.807, 2.05) is 18.2 Å². The van der Waals surface area contributed by atoms with Crippen LogP contribution in [0.15, 0.2) is 18.2 Å². The van der Waals surface area contributed by atoms with Gasteiger partial charge in [0.1, 0.15) is 11.5 Å². The maximum absolute atomic E-state index is 5.60. The SMILES string of the molecule is COc1cc(NC2CCN(CCN)CC2)cc(OC)c1. The van der Waals surface area contributed by atoms with Crippen molar-refractivity contribution in [3.8, 4) is 11.5 Å². The molecule has 0 unspecified atom stereocenters. The highest BCUT2D eigenvalue weighted by molar-refractivity contribution is 5.54. The second-order valence-corrected chi connectivity index (χ2v) is 5.15. The van der Waals surface area contributed by atoms with Gasteiger partial charge in [0.05, 0.1) is 14.2 Å². The average molecular weight is 279 g/mol. The lowest BCUT2D eigenvalue weighted by molar-refractivity contribution is 0.224. The van der Waals surface area contributed by atoms with E-state index in [0.717, 1.165) is 56.2 Å². The quantitative estimate of drug-likeness (QED) is 0.827. The first kappa shape index (κ1) is 14.9. The average Bonchev–Trinajstić information content (AvgIpc) is 2.49. The molecule has 1 heterocycles. The number of rotatable bonds is 6. The molecule has 20 heavy (non-hydrogen) atoms. The van der Waals surface area contributed by atoms with E-state index in [0.29, 0.717) is 6.04 Å². The number of benzene rings is 1. The Balaban J connectivity index is 1.93. The van der Waals surface area contributed by atoms with Crippen LogP contribution in [0.3, 0.4) is 0 Å². The van der Waals surface area contributed by atoms with Gasteiger partial charge >= 0.3 is 0 Å². The van der Waals surface area contributed by atoms with Crippen LogP contribution in [0.1, 0.15) is 12.8 Å². The maximum Gasteiger partial charge on any atom is 0.124 e. The molecule has 112 valence electrons. The molecule has 0 bridgehead atoms. The van der Waals surface area contributed by atoms with Crippen LogP contribution in [0.4, 0.5) is 5.69 Å². The Morgan fingerprint density at radius 1 is 1.15 bits per heavy atom. The second kappa shape index (κ2) is 7.36. The van der Waals surface area contributed by atoms with E-state index < -0.39 is 0 Å². The molecule has 1 aliphatic heterocycles. The Morgan fingerprint density at radius 3 is 2.25 bits per heavy atom. The zero-order valence-corrected chi connectivity index (χ0v) is 12.4. The summed E-state index contributed by atoms with van der Waals surface area (Å²) in [6, 6.07) is 6.40. The summed E-state index contributed by atoms with van der Waals surface area (Å²) in [5, 5.41) is 3.58. The molecule has 5 heteroatoms. The summed E-state index contributed by atoms with van der Waals surface area (Å²) in [4.78, 5) is 2.42. The van der Waals surface area contributed by atoms with Gasteiger partial charge in [-0.05, 0) is 12.8 Å². The number of hydrogen-bond donors (Lipinski definition) is 2. The van der Waals surface area contributed by atoms with Crippen LogP contribution in [0.2, 0.25) is 0 Å². The fraction of sp³-hybridized carbons (Fsp3) is 0.600. The molecular formula is C15H25N3O2. The highest BCUT2D eigenvalue weighted by Gasteiger charge is 2.18. The molecule has 0 spiro atoms. The lowest BCUT2D eigenvalue weighted by atomic mass is 10.0. The van der Waals surface area contributed by atoms with E-state index in [-0.39, 0.29) is 0 Å². The molecule has 1 aromatic carbocycles. The van der Waals surface area contributed by atoms with E-state index >= 15 is 0 Å². The summed E-state index contributed by atoms with van der Waals surface area (Å²) < 4.78 is 10.6. The van der Waals surface area contributed by atoms with Crippen LogP contribution in [-0.2, 0) is 0 Å². The minimum absolute atomic E-state index is 0.501. The van der Waals surface area contributed by atoms with Gasteiger partial charge in [-0.15, -0.1) is 0 Å². The minimum Gasteiger partial charge on any atom is -0.497 e. The first-order chi connectivity index (χ1) is 9.75. The molecule has 0 aromatic heterocycles. The Morgan fingerprint density at radius 2 is 1.75 bits per heavy atom. The normalized spacial score (nSPS) is 16.9. The van der Waals surface area contributed by atoms with Gasteiger partial charge in [0.25, 0.3) is 0 Å². The van der Waals surface area contributed by atoms with Crippen LogP contribution in [0, 0.1) is 0 Å². The summed E-state index contributed by atoms with van der Waals surface area (Å²) >= 11 is 0. The van der Waals surface area contributed by atoms with Crippen molar-refractivity contribution in [1.82, 2.24) is 4.90 Å². The molecule has 1 aliphatic rings. The van der Waals surface area contributed by atoms with E-state index in [1.54, 1.807) is 14.2 Å². The molecule has 0 saturated carbocycles. The third-order valence-electron chi connectivity index (χ3n) is 3.76. The number of hydrogen-bond acceptors (Lipinski definition) is 5. The molecule has 0 radical (unpaired) electrons. The molecule has 2 rings (SSSR count). The largest absolute Gasteiger partial charge is 0.497 e. The first-order valence-corrected chi connectivity index (χ1v) is 7.17. The highest BCUT2D eigenvalue weighted by atomic mass is 16.5. The monoisotopic (exact) mass is 279 g/mol. The van der Waals surface area contributed by atoms with E-state index in [1.165, 1.54) is 0 Å². The van der Waals surface area contributed by atoms with Crippen molar-refractivity contribution in [3.63, 3.8) is 0 Å². The van der Waals surface area contributed by atoms with Crippen molar-refractivity contribution >= 4 is 5.69 Å². The lowest BCUT2D eigenvalue weighted by Crippen LogP contribution is -2.41. The molecule has 0 atom stereocenters. The van der Waals surface area contributed by atoms with Crippen molar-refractivity contribution in [2.24, 2.45) is 5.73 Å². The number of nitrogens with one attached hydrogen (secondary N) is 1. The molecule has 1 saturated heterocycles. The fourth-order valence-electron chi connectivity index (χ4n) is 2.61. The van der Waals surface area contributed by atoms with Crippen molar-refractivity contribution in [2.45, 2.75) is 18.9 Å². The Labute approximate surface area is 121 Å². The number of piperidine rings is 1. The number of anilines is 1. The van der Waals surface area contributed by atoms with Crippen LogP contribution >= 0.6 is 0 Å². The minimum atomic E-state index is 0.501. The molecule has 0 aliphatic carbocycles. The summed E-state index contributed by atoms with van der Waals surface area (Å²) in [5.74, 6) is 1.62. The number of ether oxygens (including phenoxy) is 2. The summed E-state index contributed by atoms with van der Waals surface area (Å²) in [7, 11) is 3.34. The van der Waals surface area contributed by atoms with Crippen LogP contribution in [-0.4, -0.2) is 51.3 Å². The zero-order chi connectivity index (χ0) is 14.4. The van der Waals surface area contributed by atoms with Crippen molar-refractivity contribution < 1.29 is 9.47 Å². The molecule has 5 nitrogen and oxygen atoms in total. The first-order valence-electron chi connectivity index (χ1n) is 7.17. The molecular weight excluding hydrogens is 254 g/mol. The smallest absolute Gasteiger partial charge is 0.124 e. The van der Waals surface area contributed by atoms with Crippen LogP contribution in [0.5, 0.6) is 11.5 Å². The lowest BCUT2D eigenvalue weighted by Gasteiger charge is -2.32. The molecule has 0 amide bonds. The van der Waals surface area contributed by atoms with E-state index in [2.05, 4.69) is 10.2 Å². The van der Waals surface area contributed by atoms with Gasteiger partial charge in [0.15, 0.2) is 0 Å². The van der Waals surface area contributed by atoms with Crippen LogP contribution in [0.25, 0.3) is 0 Å². The highest BCUT2D eigenvalue weighted by Crippen LogP contribution is 2.27. The van der Waals surface area contributed by atoms with Gasteiger partial charge in [-0.25, -0.2) is 0 Å². The topological polar surface area (TPSA) is 59.8 Å². The van der Waals surface area contributed by atoms with Crippen molar-refractivity contribution in [3.05, 3.63) is 18.2 Å². The standard InChI is InChI=1S/C15H25N3O2/c1-19-14-9-13(10-15(11-14)20-2)17-12-3-6-18(7-4-12)8-5-16/h9-12,17H,3-8,16H2,1-2H3. The predicted octanol–water partition coefficient (Wildman–Crippen LogP) is 1.54. The van der Waals surface area contributed by atoms with Gasteiger partial charge in [-0.2, -0.15) is 0 Å². The van der Waals surface area contributed by atoms with Gasteiger partial charge in [-0.3, -0.25) is 0 Å². The fourth-order valence-corrected chi connectivity index (χ4v) is 2.61. The number of nitrogens with zero attached hydrogens (tertiary/aromatic N) is 1. The molecule has 1 fully saturated rings. The van der Waals surface area contributed by atoms with Gasteiger partial charge in [0, 0.05) is 56.1 Å². The Hall–Kier alpha value is -1.46. The van der Waals surface area contributed by atoms with Crippen molar-refractivity contribution in [2.75, 3.05) is 45.7 Å². The van der Waals surface area contributed by atoms with Gasteiger partial charge in [-0.1, -0.05) is 0 Å².